The summed E-state index contributed by atoms with van der Waals surface area (Å²) in [5.74, 6) is 0.0491. The lowest BCUT2D eigenvalue weighted by Gasteiger charge is -2.21. The molecule has 1 fully saturated rings. The van der Waals surface area contributed by atoms with Crippen LogP contribution in [0.25, 0.3) is 0 Å². The van der Waals surface area contributed by atoms with E-state index in [2.05, 4.69) is 29.8 Å². The maximum absolute atomic E-state index is 11.5. The average Bonchev–Trinajstić information content (AvgIpc) is 2.95. The van der Waals surface area contributed by atoms with Crippen LogP contribution in [0.3, 0.4) is 0 Å². The molecule has 1 saturated heterocycles. The van der Waals surface area contributed by atoms with Crippen molar-refractivity contribution in [1.82, 2.24) is 5.32 Å². The van der Waals surface area contributed by atoms with Gasteiger partial charge in [0.1, 0.15) is 0 Å². The van der Waals surface area contributed by atoms with Crippen LogP contribution in [0, 0.1) is 6.92 Å². The van der Waals surface area contributed by atoms with E-state index in [4.69, 9.17) is 0 Å². The molecule has 0 aliphatic carbocycles. The maximum atomic E-state index is 11.5. The summed E-state index contributed by atoms with van der Waals surface area (Å²) in [6.07, 6.45) is 4.19. The minimum atomic E-state index is 0.0491. The molecule has 4 heteroatoms. The molecule has 1 aliphatic rings. The quantitative estimate of drug-likeness (QED) is 0.753. The first kappa shape index (κ1) is 15.8. The van der Waals surface area contributed by atoms with Crippen LogP contribution >= 0.6 is 0 Å². The van der Waals surface area contributed by atoms with Crippen molar-refractivity contribution in [1.29, 1.82) is 0 Å². The Morgan fingerprint density at radius 2 is 2.29 bits per heavy atom. The molecule has 2 rings (SSSR count). The molecule has 0 aromatic heterocycles. The van der Waals surface area contributed by atoms with E-state index in [9.17, 15) is 4.79 Å². The number of rotatable bonds is 6. The number of carbonyl (C=O) groups excluding carboxylic acids is 1. The van der Waals surface area contributed by atoms with Gasteiger partial charge in [-0.2, -0.15) is 0 Å². The molecule has 1 heterocycles. The van der Waals surface area contributed by atoms with Gasteiger partial charge in [0.05, 0.1) is 0 Å². The van der Waals surface area contributed by atoms with E-state index in [1.807, 2.05) is 25.1 Å². The smallest absolute Gasteiger partial charge is 0.224 e. The first-order valence-electron chi connectivity index (χ1n) is 7.99. The zero-order valence-corrected chi connectivity index (χ0v) is 13.3. The highest BCUT2D eigenvalue weighted by molar-refractivity contribution is 5.91. The third-order valence-electron chi connectivity index (χ3n) is 4.04. The van der Waals surface area contributed by atoms with E-state index in [0.29, 0.717) is 18.5 Å². The summed E-state index contributed by atoms with van der Waals surface area (Å²) in [4.78, 5) is 11.5. The largest absolute Gasteiger partial charge is 0.382 e. The maximum Gasteiger partial charge on any atom is 0.224 e. The van der Waals surface area contributed by atoms with Gasteiger partial charge < -0.3 is 16.0 Å². The molecular formula is C17H27N3O. The Kier molecular flexibility index (Phi) is 5.62. The molecule has 0 saturated carbocycles. The van der Waals surface area contributed by atoms with Gasteiger partial charge in [-0.1, -0.05) is 13.0 Å². The summed E-state index contributed by atoms with van der Waals surface area (Å²) in [7, 11) is 0. The van der Waals surface area contributed by atoms with Gasteiger partial charge in [0, 0.05) is 29.9 Å². The van der Waals surface area contributed by atoms with Crippen LogP contribution in [0.5, 0.6) is 0 Å². The number of nitrogens with one attached hydrogen (secondary N) is 3. The lowest BCUT2D eigenvalue weighted by Crippen LogP contribution is -2.29. The summed E-state index contributed by atoms with van der Waals surface area (Å²) in [5, 5.41) is 10.0. The number of hydrogen-bond acceptors (Lipinski definition) is 3. The van der Waals surface area contributed by atoms with Crippen LogP contribution < -0.4 is 16.0 Å². The molecule has 1 amide bonds. The van der Waals surface area contributed by atoms with Gasteiger partial charge in [0.2, 0.25) is 5.91 Å². The fourth-order valence-electron chi connectivity index (χ4n) is 2.81. The summed E-state index contributed by atoms with van der Waals surface area (Å²) >= 11 is 0. The van der Waals surface area contributed by atoms with Gasteiger partial charge in [-0.3, -0.25) is 4.79 Å². The highest BCUT2D eigenvalue weighted by Gasteiger charge is 2.17. The van der Waals surface area contributed by atoms with Crippen molar-refractivity contribution in [3.63, 3.8) is 0 Å². The molecule has 0 radical (unpaired) electrons. The molecule has 1 aromatic rings. The molecule has 21 heavy (non-hydrogen) atoms. The van der Waals surface area contributed by atoms with Gasteiger partial charge in [0.15, 0.2) is 0 Å². The van der Waals surface area contributed by atoms with Crippen molar-refractivity contribution in [2.24, 2.45) is 0 Å². The fourth-order valence-corrected chi connectivity index (χ4v) is 2.81. The molecule has 1 aliphatic heterocycles. The van der Waals surface area contributed by atoms with Gasteiger partial charge in [-0.15, -0.1) is 0 Å². The molecule has 3 N–H and O–H groups in total. The summed E-state index contributed by atoms with van der Waals surface area (Å²) in [6, 6.07) is 7.08. The summed E-state index contributed by atoms with van der Waals surface area (Å²) in [5.41, 5.74) is 3.17. The Morgan fingerprint density at radius 3 is 2.95 bits per heavy atom. The number of aryl methyl sites for hydroxylation is 1. The second kappa shape index (κ2) is 7.46. The first-order valence-corrected chi connectivity index (χ1v) is 7.99. The van der Waals surface area contributed by atoms with E-state index in [0.717, 1.165) is 24.3 Å². The molecule has 116 valence electrons. The van der Waals surface area contributed by atoms with Gasteiger partial charge in [-0.25, -0.2) is 0 Å². The molecule has 4 nitrogen and oxygen atoms in total. The Bertz CT molecular complexity index is 481. The van der Waals surface area contributed by atoms with Crippen molar-refractivity contribution in [2.45, 2.75) is 58.5 Å². The third kappa shape index (κ3) is 4.74. The van der Waals surface area contributed by atoms with Crippen molar-refractivity contribution < 1.29 is 4.79 Å². The van der Waals surface area contributed by atoms with Crippen LogP contribution in [0.1, 0.15) is 45.1 Å². The minimum Gasteiger partial charge on any atom is -0.382 e. The van der Waals surface area contributed by atoms with E-state index < -0.39 is 0 Å². The molecular weight excluding hydrogens is 262 g/mol. The Labute approximate surface area is 127 Å². The topological polar surface area (TPSA) is 53.2 Å². The zero-order valence-electron chi connectivity index (χ0n) is 13.3. The fraction of sp³-hybridized carbons (Fsp3) is 0.588. The van der Waals surface area contributed by atoms with Crippen LogP contribution in [0.4, 0.5) is 11.4 Å². The molecule has 0 bridgehead atoms. The van der Waals surface area contributed by atoms with Gasteiger partial charge in [-0.05, 0) is 57.4 Å². The third-order valence-corrected chi connectivity index (χ3v) is 4.04. The predicted octanol–water partition coefficient (Wildman–Crippen LogP) is 3.29. The zero-order chi connectivity index (χ0) is 15.2. The number of anilines is 2. The predicted molar refractivity (Wildman–Crippen MR) is 88.8 cm³/mol. The second-order valence-electron chi connectivity index (χ2n) is 6.01. The van der Waals surface area contributed by atoms with Crippen LogP contribution in [-0.4, -0.2) is 24.5 Å². The SMILES string of the molecule is CCC(=O)Nc1ccc(C)c(NC(C)CC2CCCN2)c1. The van der Waals surface area contributed by atoms with Gasteiger partial charge >= 0.3 is 0 Å². The Hall–Kier alpha value is -1.55. The minimum absolute atomic E-state index is 0.0491. The molecule has 2 atom stereocenters. The normalized spacial score (nSPS) is 19.3. The second-order valence-corrected chi connectivity index (χ2v) is 6.01. The van der Waals surface area contributed by atoms with E-state index >= 15 is 0 Å². The Morgan fingerprint density at radius 1 is 1.48 bits per heavy atom. The van der Waals surface area contributed by atoms with Crippen LogP contribution in [-0.2, 0) is 4.79 Å². The van der Waals surface area contributed by atoms with Crippen molar-refractivity contribution in [3.05, 3.63) is 23.8 Å². The van der Waals surface area contributed by atoms with Crippen LogP contribution in [0.15, 0.2) is 18.2 Å². The lowest BCUT2D eigenvalue weighted by molar-refractivity contribution is -0.115. The standard InChI is InChI=1S/C17H27N3O/c1-4-17(21)20-15-8-7-12(2)16(11-15)19-13(3)10-14-6-5-9-18-14/h7-8,11,13-14,18-19H,4-6,9-10H2,1-3H3,(H,20,21). The molecule has 2 unspecified atom stereocenters. The summed E-state index contributed by atoms with van der Waals surface area (Å²) in [6.45, 7) is 7.32. The van der Waals surface area contributed by atoms with Crippen molar-refractivity contribution in [2.75, 3.05) is 17.2 Å². The van der Waals surface area contributed by atoms with E-state index in [-0.39, 0.29) is 5.91 Å². The van der Waals surface area contributed by atoms with E-state index in [1.165, 1.54) is 18.4 Å². The first-order chi connectivity index (χ1) is 10.1. The Balaban J connectivity index is 1.97. The number of carbonyl (C=O) groups is 1. The highest BCUT2D eigenvalue weighted by atomic mass is 16.1. The number of hydrogen-bond donors (Lipinski definition) is 3. The van der Waals surface area contributed by atoms with E-state index in [1.54, 1.807) is 0 Å². The molecule has 0 spiro atoms. The highest BCUT2D eigenvalue weighted by Crippen LogP contribution is 2.22. The van der Waals surface area contributed by atoms with Crippen molar-refractivity contribution >= 4 is 17.3 Å². The van der Waals surface area contributed by atoms with Crippen molar-refractivity contribution in [3.8, 4) is 0 Å². The summed E-state index contributed by atoms with van der Waals surface area (Å²) < 4.78 is 0. The molecule has 1 aromatic carbocycles. The van der Waals surface area contributed by atoms with Gasteiger partial charge in [0.25, 0.3) is 0 Å². The number of benzene rings is 1. The lowest BCUT2D eigenvalue weighted by atomic mass is 10.1. The average molecular weight is 289 g/mol. The monoisotopic (exact) mass is 289 g/mol. The van der Waals surface area contributed by atoms with Crippen LogP contribution in [0.2, 0.25) is 0 Å². The number of amides is 1.